The normalized spacial score (nSPS) is 11.5. The van der Waals surface area contributed by atoms with Crippen LogP contribution in [0.3, 0.4) is 0 Å². The molecule has 4 N–H and O–H groups in total. The number of benzene rings is 1. The summed E-state index contributed by atoms with van der Waals surface area (Å²) in [5.74, 6) is -3.02. The fourth-order valence-electron chi connectivity index (χ4n) is 3.37. The molecular formula is C21H17F3N8O4. The number of alkyl halides is 3. The van der Waals surface area contributed by atoms with Crippen LogP contribution in [0.25, 0.3) is 10.9 Å². The molecule has 1 aromatic carbocycles. The highest BCUT2D eigenvalue weighted by molar-refractivity contribution is 6.10. The highest BCUT2D eigenvalue weighted by Crippen LogP contribution is 2.36. The molecule has 15 heteroatoms. The lowest BCUT2D eigenvalue weighted by molar-refractivity contribution is -0.140. The Bertz CT molecular complexity index is 1510. The van der Waals surface area contributed by atoms with Crippen molar-refractivity contribution in [1.82, 2.24) is 30.2 Å². The zero-order valence-corrected chi connectivity index (χ0v) is 18.7. The maximum atomic E-state index is 13.8. The van der Waals surface area contributed by atoms with Crippen LogP contribution in [0.2, 0.25) is 0 Å². The first-order chi connectivity index (χ1) is 17.0. The summed E-state index contributed by atoms with van der Waals surface area (Å²) in [5.41, 5.74) is 3.24. The van der Waals surface area contributed by atoms with Crippen molar-refractivity contribution in [3.05, 3.63) is 64.7 Å². The predicted molar refractivity (Wildman–Crippen MR) is 117 cm³/mol. The molecule has 3 amide bonds. The number of halogens is 3. The standard InChI is InChI=1S/C21H17F3N8O4/c1-9-15(29-18(34)13-7-11(17(25)33)10-5-3-4-6-12(10)27-13)16(21(22,23)24)30-32(9)8-14-28-20(36-31-14)19(35)26-2/h3-7H,8H2,1-2H3,(H2,25,33)(H,26,35)(H,29,34). The van der Waals surface area contributed by atoms with Crippen molar-refractivity contribution in [3.63, 3.8) is 0 Å². The number of pyridine rings is 1. The number of rotatable bonds is 6. The first-order valence-electron chi connectivity index (χ1n) is 10.2. The summed E-state index contributed by atoms with van der Waals surface area (Å²) in [6.45, 7) is 0.908. The zero-order valence-electron chi connectivity index (χ0n) is 18.7. The molecule has 0 saturated heterocycles. The van der Waals surface area contributed by atoms with E-state index < -0.39 is 35.3 Å². The van der Waals surface area contributed by atoms with Crippen LogP contribution >= 0.6 is 0 Å². The number of nitrogens with one attached hydrogen (secondary N) is 2. The van der Waals surface area contributed by atoms with Crippen LogP contribution in [-0.4, -0.2) is 49.7 Å². The van der Waals surface area contributed by atoms with E-state index in [1.54, 1.807) is 18.2 Å². The van der Waals surface area contributed by atoms with Gasteiger partial charge in [0, 0.05) is 12.4 Å². The van der Waals surface area contributed by atoms with Gasteiger partial charge in [0.15, 0.2) is 11.5 Å². The number of anilines is 1. The third kappa shape index (κ3) is 4.57. The summed E-state index contributed by atoms with van der Waals surface area (Å²) >= 11 is 0. The average molecular weight is 502 g/mol. The van der Waals surface area contributed by atoms with Crippen LogP contribution in [0.15, 0.2) is 34.9 Å². The fourth-order valence-corrected chi connectivity index (χ4v) is 3.37. The summed E-state index contributed by atoms with van der Waals surface area (Å²) < 4.78 is 47.0. The minimum absolute atomic E-state index is 0.0155. The molecule has 3 heterocycles. The van der Waals surface area contributed by atoms with Gasteiger partial charge in [0.1, 0.15) is 12.2 Å². The van der Waals surface area contributed by atoms with Crippen molar-refractivity contribution in [2.75, 3.05) is 12.4 Å². The highest BCUT2D eigenvalue weighted by atomic mass is 19.4. The largest absolute Gasteiger partial charge is 0.437 e. The Balaban J connectivity index is 1.70. The Morgan fingerprint density at radius 1 is 1.14 bits per heavy atom. The molecule has 36 heavy (non-hydrogen) atoms. The van der Waals surface area contributed by atoms with Gasteiger partial charge < -0.3 is 20.9 Å². The summed E-state index contributed by atoms with van der Waals surface area (Å²) in [6, 6.07) is 7.47. The van der Waals surface area contributed by atoms with Crippen molar-refractivity contribution >= 4 is 34.3 Å². The summed E-state index contributed by atoms with van der Waals surface area (Å²) in [6.07, 6.45) is -4.93. The SMILES string of the molecule is CNC(=O)c1nc(Cn2nc(C(F)(F)F)c(NC(=O)c3cc(C(N)=O)c4ccccc4n3)c2C)no1. The number of nitrogens with zero attached hydrogens (tertiary/aromatic N) is 5. The van der Waals surface area contributed by atoms with Crippen LogP contribution < -0.4 is 16.4 Å². The van der Waals surface area contributed by atoms with Crippen molar-refractivity contribution in [2.45, 2.75) is 19.6 Å². The minimum Gasteiger partial charge on any atom is -0.366 e. The van der Waals surface area contributed by atoms with Crippen LogP contribution in [-0.2, 0) is 12.7 Å². The maximum absolute atomic E-state index is 13.8. The molecule has 0 aliphatic heterocycles. The summed E-state index contributed by atoms with van der Waals surface area (Å²) in [4.78, 5) is 44.3. The van der Waals surface area contributed by atoms with Crippen LogP contribution in [0, 0.1) is 6.92 Å². The molecule has 0 fully saturated rings. The minimum atomic E-state index is -4.93. The Kier molecular flexibility index (Phi) is 6.14. The lowest BCUT2D eigenvalue weighted by Gasteiger charge is -2.10. The van der Waals surface area contributed by atoms with Gasteiger partial charge in [-0.3, -0.25) is 19.1 Å². The van der Waals surface area contributed by atoms with Gasteiger partial charge in [-0.05, 0) is 19.1 Å². The lowest BCUT2D eigenvalue weighted by atomic mass is 10.1. The van der Waals surface area contributed by atoms with Gasteiger partial charge in [-0.1, -0.05) is 23.4 Å². The molecule has 0 atom stereocenters. The highest BCUT2D eigenvalue weighted by Gasteiger charge is 2.39. The van der Waals surface area contributed by atoms with Gasteiger partial charge in [0.05, 0.1) is 22.5 Å². The number of carbonyl (C=O) groups is 3. The van der Waals surface area contributed by atoms with Crippen molar-refractivity contribution < 1.29 is 32.1 Å². The summed E-state index contributed by atoms with van der Waals surface area (Å²) in [5, 5.41) is 12.0. The molecule has 0 saturated carbocycles. The van der Waals surface area contributed by atoms with Crippen LogP contribution in [0.4, 0.5) is 18.9 Å². The molecule has 0 spiro atoms. The quantitative estimate of drug-likeness (QED) is 0.359. The molecule has 3 aromatic heterocycles. The molecule has 0 aliphatic rings. The number of nitrogens with two attached hydrogens (primary N) is 1. The third-order valence-corrected chi connectivity index (χ3v) is 5.11. The number of primary amides is 1. The maximum Gasteiger partial charge on any atom is 0.437 e. The van der Waals surface area contributed by atoms with E-state index in [0.717, 1.165) is 10.7 Å². The van der Waals surface area contributed by atoms with E-state index in [9.17, 15) is 27.6 Å². The predicted octanol–water partition coefficient (Wildman–Crippen LogP) is 1.90. The Hall–Kier alpha value is -4.82. The second-order valence-electron chi connectivity index (χ2n) is 7.45. The second-order valence-corrected chi connectivity index (χ2v) is 7.45. The number of aromatic nitrogens is 5. The first kappa shape index (κ1) is 24.3. The molecule has 0 unspecified atom stereocenters. The number of amides is 3. The van der Waals surface area contributed by atoms with Crippen molar-refractivity contribution in [3.8, 4) is 0 Å². The lowest BCUT2D eigenvalue weighted by Crippen LogP contribution is -2.19. The van der Waals surface area contributed by atoms with E-state index in [1.807, 2.05) is 0 Å². The second kappa shape index (κ2) is 9.09. The molecular weight excluding hydrogens is 485 g/mol. The van der Waals surface area contributed by atoms with Crippen LogP contribution in [0.1, 0.15) is 48.7 Å². The number of hydrogen-bond donors (Lipinski definition) is 3. The molecule has 0 aliphatic carbocycles. The Labute approximate surface area is 199 Å². The van der Waals surface area contributed by atoms with E-state index >= 15 is 0 Å². The molecule has 0 radical (unpaired) electrons. The van der Waals surface area contributed by atoms with E-state index in [-0.39, 0.29) is 40.7 Å². The molecule has 12 nitrogen and oxygen atoms in total. The third-order valence-electron chi connectivity index (χ3n) is 5.11. The fraction of sp³-hybridized carbons (Fsp3) is 0.190. The number of carbonyl (C=O) groups excluding carboxylic acids is 3. The van der Waals surface area contributed by atoms with E-state index in [1.165, 1.54) is 20.0 Å². The van der Waals surface area contributed by atoms with E-state index in [2.05, 4.69) is 30.9 Å². The monoisotopic (exact) mass is 502 g/mol. The average Bonchev–Trinajstić information content (AvgIpc) is 3.43. The first-order valence-corrected chi connectivity index (χ1v) is 10.2. The van der Waals surface area contributed by atoms with Gasteiger partial charge in [-0.2, -0.15) is 23.3 Å². The molecule has 4 aromatic rings. The van der Waals surface area contributed by atoms with Gasteiger partial charge in [0.2, 0.25) is 5.91 Å². The van der Waals surface area contributed by atoms with Gasteiger partial charge in [-0.15, -0.1) is 0 Å². The van der Waals surface area contributed by atoms with E-state index in [0.29, 0.717) is 5.39 Å². The number of hydrogen-bond acceptors (Lipinski definition) is 8. The molecule has 186 valence electrons. The Morgan fingerprint density at radius 2 is 1.86 bits per heavy atom. The zero-order chi connectivity index (χ0) is 26.2. The number of para-hydroxylation sites is 1. The van der Waals surface area contributed by atoms with Crippen LogP contribution in [0.5, 0.6) is 0 Å². The summed E-state index contributed by atoms with van der Waals surface area (Å²) in [7, 11) is 1.34. The topological polar surface area (TPSA) is 171 Å². The molecule has 4 rings (SSSR count). The molecule has 0 bridgehead atoms. The smallest absolute Gasteiger partial charge is 0.366 e. The van der Waals surface area contributed by atoms with Gasteiger partial charge in [-0.25, -0.2) is 4.98 Å². The van der Waals surface area contributed by atoms with Gasteiger partial charge >= 0.3 is 18.0 Å². The van der Waals surface area contributed by atoms with Gasteiger partial charge in [0.25, 0.3) is 5.91 Å². The van der Waals surface area contributed by atoms with Crippen molar-refractivity contribution in [2.24, 2.45) is 5.73 Å². The Morgan fingerprint density at radius 3 is 2.53 bits per heavy atom. The van der Waals surface area contributed by atoms with E-state index in [4.69, 9.17) is 10.3 Å². The van der Waals surface area contributed by atoms with Crippen molar-refractivity contribution in [1.29, 1.82) is 0 Å². The number of fused-ring (bicyclic) bond motifs is 1.